The maximum atomic E-state index is 12.3. The third-order valence-electron chi connectivity index (χ3n) is 3.70. The van der Waals surface area contributed by atoms with Gasteiger partial charge in [-0.3, -0.25) is 9.59 Å². The van der Waals surface area contributed by atoms with Crippen LogP contribution in [0.2, 0.25) is 0 Å². The third kappa shape index (κ3) is 3.90. The predicted molar refractivity (Wildman–Crippen MR) is 80.5 cm³/mol. The molecule has 0 radical (unpaired) electrons. The quantitative estimate of drug-likeness (QED) is 0.866. The molecule has 5 heteroatoms. The van der Waals surface area contributed by atoms with E-state index in [1.807, 2.05) is 0 Å². The Morgan fingerprint density at radius 3 is 2.43 bits per heavy atom. The lowest BCUT2D eigenvalue weighted by Gasteiger charge is -2.24. The van der Waals surface area contributed by atoms with Gasteiger partial charge in [0, 0.05) is 30.3 Å². The van der Waals surface area contributed by atoms with Crippen LogP contribution in [0, 0.1) is 0 Å². The highest BCUT2D eigenvalue weighted by molar-refractivity contribution is 5.95. The topological polar surface area (TPSA) is 66.5 Å². The van der Waals surface area contributed by atoms with E-state index in [1.54, 1.807) is 36.1 Å². The number of nitrogens with one attached hydrogen (secondary N) is 1. The maximum Gasteiger partial charge on any atom is 0.322 e. The van der Waals surface area contributed by atoms with E-state index in [9.17, 15) is 14.4 Å². The lowest BCUT2D eigenvalue weighted by atomic mass is 10.1. The first-order valence-electron chi connectivity index (χ1n) is 7.15. The van der Waals surface area contributed by atoms with E-state index in [1.165, 1.54) is 6.92 Å². The number of anilines is 1. The van der Waals surface area contributed by atoms with E-state index < -0.39 is 0 Å². The highest BCUT2D eigenvalue weighted by Gasteiger charge is 2.29. The van der Waals surface area contributed by atoms with Gasteiger partial charge in [-0.2, -0.15) is 0 Å². The summed E-state index contributed by atoms with van der Waals surface area (Å²) < 4.78 is 0. The zero-order valence-electron chi connectivity index (χ0n) is 12.4. The Bertz CT molecular complexity index is 551. The molecule has 1 aromatic rings. The van der Waals surface area contributed by atoms with Gasteiger partial charge in [0.25, 0.3) is 0 Å². The first kappa shape index (κ1) is 15.2. The highest BCUT2D eigenvalue weighted by atomic mass is 16.2. The number of likely N-dealkylation sites (tertiary alicyclic amines) is 1. The van der Waals surface area contributed by atoms with Gasteiger partial charge in [0.2, 0.25) is 0 Å². The first-order valence-corrected chi connectivity index (χ1v) is 7.15. The van der Waals surface area contributed by atoms with Crippen LogP contribution in [-0.4, -0.2) is 35.1 Å². The Hall–Kier alpha value is -2.17. The maximum absolute atomic E-state index is 12.3. The van der Waals surface area contributed by atoms with E-state index in [4.69, 9.17) is 0 Å². The van der Waals surface area contributed by atoms with Gasteiger partial charge >= 0.3 is 6.03 Å². The fourth-order valence-electron chi connectivity index (χ4n) is 2.63. The summed E-state index contributed by atoms with van der Waals surface area (Å²) in [6.45, 7) is 3.73. The molecule has 1 aromatic carbocycles. The minimum atomic E-state index is -0.186. The van der Waals surface area contributed by atoms with Crippen molar-refractivity contribution in [3.8, 4) is 0 Å². The number of carbonyl (C=O) groups excluding carboxylic acids is 3. The zero-order chi connectivity index (χ0) is 15.4. The number of urea groups is 1. The number of amides is 2. The van der Waals surface area contributed by atoms with E-state index in [2.05, 4.69) is 5.32 Å². The molecule has 21 heavy (non-hydrogen) atoms. The van der Waals surface area contributed by atoms with Crippen molar-refractivity contribution >= 4 is 23.3 Å². The number of rotatable bonds is 4. The molecule has 1 aliphatic rings. The summed E-state index contributed by atoms with van der Waals surface area (Å²) in [6, 6.07) is 6.62. The third-order valence-corrected chi connectivity index (χ3v) is 3.70. The van der Waals surface area contributed by atoms with Gasteiger partial charge in [0.05, 0.1) is 0 Å². The fourth-order valence-corrected chi connectivity index (χ4v) is 2.63. The van der Waals surface area contributed by atoms with Crippen LogP contribution in [0.3, 0.4) is 0 Å². The van der Waals surface area contributed by atoms with Gasteiger partial charge in [0.1, 0.15) is 5.78 Å². The molecule has 0 saturated carbocycles. The average molecular weight is 288 g/mol. The summed E-state index contributed by atoms with van der Waals surface area (Å²) in [5.41, 5.74) is 1.27. The van der Waals surface area contributed by atoms with E-state index in [0.717, 1.165) is 12.8 Å². The molecule has 1 unspecified atom stereocenters. The number of nitrogens with zero attached hydrogens (tertiary/aromatic N) is 1. The van der Waals surface area contributed by atoms with Crippen LogP contribution in [0.4, 0.5) is 10.5 Å². The molecule has 5 nitrogen and oxygen atoms in total. The van der Waals surface area contributed by atoms with Gasteiger partial charge < -0.3 is 10.2 Å². The smallest absolute Gasteiger partial charge is 0.321 e. The molecule has 1 heterocycles. The lowest BCUT2D eigenvalue weighted by Crippen LogP contribution is -2.39. The molecule has 2 amide bonds. The Labute approximate surface area is 124 Å². The van der Waals surface area contributed by atoms with Crippen molar-refractivity contribution in [3.05, 3.63) is 29.8 Å². The van der Waals surface area contributed by atoms with Gasteiger partial charge in [-0.25, -0.2) is 4.79 Å². The van der Waals surface area contributed by atoms with Crippen molar-refractivity contribution in [1.82, 2.24) is 4.90 Å². The number of benzene rings is 1. The van der Waals surface area contributed by atoms with Crippen LogP contribution in [0.5, 0.6) is 0 Å². The molecule has 1 saturated heterocycles. The molecular weight excluding hydrogens is 268 g/mol. The molecule has 2 rings (SSSR count). The molecule has 0 bridgehead atoms. The minimum Gasteiger partial charge on any atom is -0.321 e. The predicted octanol–water partition coefficient (Wildman–Crippen LogP) is 2.86. The summed E-state index contributed by atoms with van der Waals surface area (Å²) in [5.74, 6) is 0.0967. The Morgan fingerprint density at radius 1 is 1.19 bits per heavy atom. The van der Waals surface area contributed by atoms with Gasteiger partial charge in [0.15, 0.2) is 5.78 Å². The number of carbonyl (C=O) groups is 3. The zero-order valence-corrected chi connectivity index (χ0v) is 12.4. The van der Waals surface area contributed by atoms with E-state index in [0.29, 0.717) is 24.2 Å². The molecule has 1 N–H and O–H groups in total. The Morgan fingerprint density at radius 2 is 1.86 bits per heavy atom. The summed E-state index contributed by atoms with van der Waals surface area (Å²) in [7, 11) is 0. The van der Waals surface area contributed by atoms with Gasteiger partial charge in [-0.15, -0.1) is 0 Å². The van der Waals surface area contributed by atoms with Gasteiger partial charge in [-0.1, -0.05) is 0 Å². The summed E-state index contributed by atoms with van der Waals surface area (Å²) >= 11 is 0. The van der Waals surface area contributed by atoms with Crippen LogP contribution in [0.1, 0.15) is 43.5 Å². The molecule has 1 aliphatic heterocycles. The molecule has 0 aromatic heterocycles. The monoisotopic (exact) mass is 288 g/mol. The van der Waals surface area contributed by atoms with Crippen molar-refractivity contribution in [2.24, 2.45) is 0 Å². The number of Topliss-reactive ketones (excluding diaryl/α,β-unsaturated/α-hetero) is 2. The molecule has 112 valence electrons. The Balaban J connectivity index is 2.00. The summed E-state index contributed by atoms with van der Waals surface area (Å²) in [5, 5.41) is 2.82. The first-order chi connectivity index (χ1) is 9.97. The Kier molecular flexibility index (Phi) is 4.73. The van der Waals surface area contributed by atoms with Crippen molar-refractivity contribution in [1.29, 1.82) is 0 Å². The molecule has 0 aliphatic carbocycles. The lowest BCUT2D eigenvalue weighted by molar-refractivity contribution is -0.117. The molecule has 0 spiro atoms. The van der Waals surface area contributed by atoms with Crippen LogP contribution >= 0.6 is 0 Å². The number of hydrogen-bond donors (Lipinski definition) is 1. The molecular formula is C16H20N2O3. The van der Waals surface area contributed by atoms with Gasteiger partial charge in [-0.05, 0) is 51.0 Å². The minimum absolute atomic E-state index is 0.000933. The largest absolute Gasteiger partial charge is 0.322 e. The second-order valence-electron chi connectivity index (χ2n) is 5.46. The van der Waals surface area contributed by atoms with Crippen molar-refractivity contribution in [2.75, 3.05) is 11.9 Å². The second-order valence-corrected chi connectivity index (χ2v) is 5.46. The summed E-state index contributed by atoms with van der Waals surface area (Å²) in [6.07, 6.45) is 2.21. The van der Waals surface area contributed by atoms with Crippen molar-refractivity contribution < 1.29 is 14.4 Å². The van der Waals surface area contributed by atoms with E-state index in [-0.39, 0.29) is 23.6 Å². The van der Waals surface area contributed by atoms with Crippen molar-refractivity contribution in [2.45, 2.75) is 39.2 Å². The number of hydrogen-bond acceptors (Lipinski definition) is 3. The highest BCUT2D eigenvalue weighted by Crippen LogP contribution is 2.21. The van der Waals surface area contributed by atoms with Crippen LogP contribution < -0.4 is 5.32 Å². The van der Waals surface area contributed by atoms with E-state index >= 15 is 0 Å². The van der Waals surface area contributed by atoms with Crippen molar-refractivity contribution in [3.63, 3.8) is 0 Å². The fraction of sp³-hybridized carbons (Fsp3) is 0.438. The van der Waals surface area contributed by atoms with Crippen LogP contribution in [0.15, 0.2) is 24.3 Å². The normalized spacial score (nSPS) is 17.6. The number of ketones is 2. The average Bonchev–Trinajstić information content (AvgIpc) is 2.86. The molecule has 1 fully saturated rings. The second kappa shape index (κ2) is 6.52. The standard InChI is InChI=1S/C16H20N2O3/c1-11(19)10-15-4-3-9-18(15)16(21)17-14-7-5-13(6-8-14)12(2)20/h5-8,15H,3-4,9-10H2,1-2H3,(H,17,21). The summed E-state index contributed by atoms with van der Waals surface area (Å²) in [4.78, 5) is 36.4. The molecule has 1 atom stereocenters. The van der Waals surface area contributed by atoms with Crippen LogP contribution in [-0.2, 0) is 4.79 Å². The van der Waals surface area contributed by atoms with Crippen LogP contribution in [0.25, 0.3) is 0 Å². The SMILES string of the molecule is CC(=O)CC1CCCN1C(=O)Nc1ccc(C(C)=O)cc1.